The van der Waals surface area contributed by atoms with Crippen molar-refractivity contribution in [1.29, 1.82) is 0 Å². The van der Waals surface area contributed by atoms with Gasteiger partial charge in [-0.15, -0.1) is 0 Å². The van der Waals surface area contributed by atoms with Crippen LogP contribution in [0.2, 0.25) is 0 Å². The zero-order valence-corrected chi connectivity index (χ0v) is 17.0. The van der Waals surface area contributed by atoms with Crippen LogP contribution in [-0.4, -0.2) is 42.8 Å². The molecule has 0 bridgehead atoms. The van der Waals surface area contributed by atoms with E-state index in [9.17, 15) is 9.59 Å². The Balaban J connectivity index is 1.68. The molecule has 0 spiro atoms. The number of nitrogens with one attached hydrogen (secondary N) is 1. The SMILES string of the molecule is CC(C)n1cnc2c1[C@@H](C(=O)NCc1ccncc1)N(C(=O)c1cccnc1)CC2. The molecule has 30 heavy (non-hydrogen) atoms. The maximum atomic E-state index is 13.4. The van der Waals surface area contributed by atoms with E-state index < -0.39 is 6.04 Å². The summed E-state index contributed by atoms with van der Waals surface area (Å²) in [6.45, 7) is 4.85. The number of carbonyl (C=O) groups is 2. The van der Waals surface area contributed by atoms with Gasteiger partial charge in [0.15, 0.2) is 6.04 Å². The topological polar surface area (TPSA) is 93.0 Å². The molecule has 3 aromatic heterocycles. The number of imidazole rings is 1. The van der Waals surface area contributed by atoms with Gasteiger partial charge in [0.2, 0.25) is 5.91 Å². The lowest BCUT2D eigenvalue weighted by molar-refractivity contribution is -0.126. The second kappa shape index (κ2) is 8.44. The van der Waals surface area contributed by atoms with Gasteiger partial charge in [-0.2, -0.15) is 0 Å². The standard InChI is InChI=1S/C22H24N6O2/c1-15(2)28-14-26-18-7-11-27(22(30)17-4-3-8-24-13-17)20(19(18)28)21(29)25-12-16-5-9-23-10-6-16/h3-6,8-10,13-15,20H,7,11-12H2,1-2H3,(H,25,29)/t20-/m0/s1. The zero-order valence-electron chi connectivity index (χ0n) is 17.0. The van der Waals surface area contributed by atoms with Crippen LogP contribution in [0.5, 0.6) is 0 Å². The van der Waals surface area contributed by atoms with Crippen LogP contribution in [0.4, 0.5) is 0 Å². The maximum absolute atomic E-state index is 13.4. The molecule has 8 heteroatoms. The Bertz CT molecular complexity index is 1030. The van der Waals surface area contributed by atoms with E-state index in [2.05, 4.69) is 20.3 Å². The highest BCUT2D eigenvalue weighted by Gasteiger charge is 2.39. The van der Waals surface area contributed by atoms with Crippen LogP contribution in [0, 0.1) is 0 Å². The summed E-state index contributed by atoms with van der Waals surface area (Å²) in [5.41, 5.74) is 3.05. The lowest BCUT2D eigenvalue weighted by atomic mass is 9.99. The molecular formula is C22H24N6O2. The normalized spacial score (nSPS) is 15.7. The predicted octanol–water partition coefficient (Wildman–Crippen LogP) is 2.31. The van der Waals surface area contributed by atoms with E-state index in [1.807, 2.05) is 30.5 Å². The van der Waals surface area contributed by atoms with Crippen molar-refractivity contribution in [2.75, 3.05) is 6.54 Å². The molecule has 0 radical (unpaired) electrons. The molecule has 1 atom stereocenters. The van der Waals surface area contributed by atoms with Crippen LogP contribution >= 0.6 is 0 Å². The largest absolute Gasteiger partial charge is 0.350 e. The first kappa shape index (κ1) is 19.8. The molecule has 0 saturated carbocycles. The van der Waals surface area contributed by atoms with Crippen LogP contribution in [0.15, 0.2) is 55.4 Å². The molecule has 4 heterocycles. The number of nitrogens with zero attached hydrogens (tertiary/aromatic N) is 5. The molecule has 8 nitrogen and oxygen atoms in total. The van der Waals surface area contributed by atoms with Crippen molar-refractivity contribution in [3.8, 4) is 0 Å². The lowest BCUT2D eigenvalue weighted by Crippen LogP contribution is -2.48. The summed E-state index contributed by atoms with van der Waals surface area (Å²) in [4.78, 5) is 40.8. The highest BCUT2D eigenvalue weighted by molar-refractivity contribution is 5.98. The fourth-order valence-electron chi connectivity index (χ4n) is 3.74. The summed E-state index contributed by atoms with van der Waals surface area (Å²) in [5.74, 6) is -0.443. The number of fused-ring (bicyclic) bond motifs is 1. The Labute approximate surface area is 175 Å². The van der Waals surface area contributed by atoms with Crippen molar-refractivity contribution in [2.24, 2.45) is 0 Å². The van der Waals surface area contributed by atoms with Gasteiger partial charge >= 0.3 is 0 Å². The highest BCUT2D eigenvalue weighted by atomic mass is 16.2. The molecule has 0 saturated heterocycles. The summed E-state index contributed by atoms with van der Waals surface area (Å²) in [7, 11) is 0. The van der Waals surface area contributed by atoms with Gasteiger partial charge in [-0.05, 0) is 43.7 Å². The van der Waals surface area contributed by atoms with Crippen LogP contribution in [0.3, 0.4) is 0 Å². The number of amides is 2. The van der Waals surface area contributed by atoms with Gasteiger partial charge < -0.3 is 14.8 Å². The number of hydrogen-bond donors (Lipinski definition) is 1. The molecule has 1 aliphatic rings. The first-order valence-corrected chi connectivity index (χ1v) is 9.99. The van der Waals surface area contributed by atoms with Gasteiger partial charge in [0.05, 0.1) is 23.3 Å². The van der Waals surface area contributed by atoms with E-state index in [1.54, 1.807) is 42.0 Å². The third-order valence-corrected chi connectivity index (χ3v) is 5.26. The van der Waals surface area contributed by atoms with Gasteiger partial charge in [-0.1, -0.05) is 0 Å². The van der Waals surface area contributed by atoms with Gasteiger partial charge in [0.25, 0.3) is 5.91 Å². The first-order valence-electron chi connectivity index (χ1n) is 9.99. The minimum absolute atomic E-state index is 0.116. The Kier molecular flexibility index (Phi) is 5.56. The van der Waals surface area contributed by atoms with Gasteiger partial charge in [-0.25, -0.2) is 4.98 Å². The average Bonchev–Trinajstić information content (AvgIpc) is 3.22. The molecule has 1 aliphatic heterocycles. The van der Waals surface area contributed by atoms with E-state index in [-0.39, 0.29) is 17.9 Å². The van der Waals surface area contributed by atoms with Crippen molar-refractivity contribution in [1.82, 2.24) is 29.7 Å². The molecule has 0 aliphatic carbocycles. The van der Waals surface area contributed by atoms with Crippen LogP contribution in [0.1, 0.15) is 53.2 Å². The second-order valence-electron chi connectivity index (χ2n) is 7.54. The Morgan fingerprint density at radius 1 is 1.17 bits per heavy atom. The number of aromatic nitrogens is 4. The average molecular weight is 404 g/mol. The first-order chi connectivity index (χ1) is 14.6. The predicted molar refractivity (Wildman–Crippen MR) is 110 cm³/mol. The summed E-state index contributed by atoms with van der Waals surface area (Å²) in [5, 5.41) is 2.98. The molecule has 3 aromatic rings. The number of carbonyl (C=O) groups excluding carboxylic acids is 2. The highest BCUT2D eigenvalue weighted by Crippen LogP contribution is 2.32. The molecule has 154 valence electrons. The zero-order chi connectivity index (χ0) is 21.1. The summed E-state index contributed by atoms with van der Waals surface area (Å²) >= 11 is 0. The lowest BCUT2D eigenvalue weighted by Gasteiger charge is -2.36. The summed E-state index contributed by atoms with van der Waals surface area (Å²) < 4.78 is 1.98. The van der Waals surface area contributed by atoms with Crippen molar-refractivity contribution in [3.63, 3.8) is 0 Å². The summed E-state index contributed by atoms with van der Waals surface area (Å²) in [6, 6.07) is 6.50. The quantitative estimate of drug-likeness (QED) is 0.704. The smallest absolute Gasteiger partial charge is 0.256 e. The van der Waals surface area contributed by atoms with E-state index in [0.717, 1.165) is 17.0 Å². The van der Waals surface area contributed by atoms with Gasteiger partial charge in [-0.3, -0.25) is 19.6 Å². The third-order valence-electron chi connectivity index (χ3n) is 5.26. The Morgan fingerprint density at radius 3 is 2.67 bits per heavy atom. The van der Waals surface area contributed by atoms with Crippen LogP contribution in [-0.2, 0) is 17.8 Å². The minimum atomic E-state index is -0.756. The van der Waals surface area contributed by atoms with Crippen molar-refractivity contribution >= 4 is 11.8 Å². The van der Waals surface area contributed by atoms with Gasteiger partial charge in [0, 0.05) is 50.3 Å². The van der Waals surface area contributed by atoms with Crippen LogP contribution < -0.4 is 5.32 Å². The van der Waals surface area contributed by atoms with Gasteiger partial charge in [0.1, 0.15) is 0 Å². The number of pyridine rings is 2. The van der Waals surface area contributed by atoms with E-state index >= 15 is 0 Å². The fraction of sp³-hybridized carbons (Fsp3) is 0.318. The van der Waals surface area contributed by atoms with Crippen molar-refractivity contribution in [3.05, 3.63) is 77.9 Å². The van der Waals surface area contributed by atoms with E-state index in [4.69, 9.17) is 0 Å². The van der Waals surface area contributed by atoms with Crippen LogP contribution in [0.25, 0.3) is 0 Å². The fourth-order valence-corrected chi connectivity index (χ4v) is 3.74. The van der Waals surface area contributed by atoms with E-state index in [0.29, 0.717) is 25.1 Å². The number of rotatable bonds is 5. The van der Waals surface area contributed by atoms with E-state index in [1.165, 1.54) is 6.20 Å². The number of hydrogen-bond acceptors (Lipinski definition) is 5. The Morgan fingerprint density at radius 2 is 1.97 bits per heavy atom. The minimum Gasteiger partial charge on any atom is -0.350 e. The molecule has 1 N–H and O–H groups in total. The van der Waals surface area contributed by atoms with Crippen molar-refractivity contribution < 1.29 is 9.59 Å². The Hall–Kier alpha value is -3.55. The molecule has 4 rings (SSSR count). The third kappa shape index (κ3) is 3.80. The molecule has 0 aromatic carbocycles. The second-order valence-corrected chi connectivity index (χ2v) is 7.54. The molecule has 0 fully saturated rings. The summed E-state index contributed by atoms with van der Waals surface area (Å²) in [6.07, 6.45) is 8.89. The molecular weight excluding hydrogens is 380 g/mol. The molecule has 2 amide bonds. The maximum Gasteiger partial charge on any atom is 0.256 e. The van der Waals surface area contributed by atoms with Crippen molar-refractivity contribution in [2.45, 2.75) is 38.9 Å². The molecule has 0 unspecified atom stereocenters. The monoisotopic (exact) mass is 404 g/mol.